The van der Waals surface area contributed by atoms with E-state index in [0.29, 0.717) is 17.9 Å². The number of para-hydroxylation sites is 1. The highest BCUT2D eigenvalue weighted by atomic mass is 19.1. The van der Waals surface area contributed by atoms with E-state index in [1.165, 1.54) is 17.7 Å². The van der Waals surface area contributed by atoms with Gasteiger partial charge in [0, 0.05) is 5.56 Å². The first kappa shape index (κ1) is 18.6. The number of benzene rings is 3. The molecule has 1 aliphatic rings. The van der Waals surface area contributed by atoms with Crippen molar-refractivity contribution in [1.82, 2.24) is 0 Å². The summed E-state index contributed by atoms with van der Waals surface area (Å²) < 4.78 is 25.1. The van der Waals surface area contributed by atoms with Gasteiger partial charge in [0.2, 0.25) is 5.90 Å². The standard InChI is InChI=1S/C24H18FNO3/c1-16-10-12-17(13-11-16)15-28-22-9-5-2-6-18(22)14-21-24(27)29-23(26-21)19-7-3-4-8-20(19)25/h2-14H,15H2,1H3/b21-14-. The molecule has 5 heteroatoms. The maximum absolute atomic E-state index is 14.0. The minimum Gasteiger partial charge on any atom is -0.488 e. The summed E-state index contributed by atoms with van der Waals surface area (Å²) in [7, 11) is 0. The van der Waals surface area contributed by atoms with Crippen LogP contribution in [0.1, 0.15) is 22.3 Å². The third-order valence-corrected chi connectivity index (χ3v) is 4.45. The number of ether oxygens (including phenoxy) is 2. The van der Waals surface area contributed by atoms with Gasteiger partial charge in [-0.15, -0.1) is 0 Å². The Morgan fingerprint density at radius 3 is 2.52 bits per heavy atom. The van der Waals surface area contributed by atoms with E-state index in [1.807, 2.05) is 55.5 Å². The lowest BCUT2D eigenvalue weighted by Crippen LogP contribution is -2.07. The largest absolute Gasteiger partial charge is 0.488 e. The lowest BCUT2D eigenvalue weighted by Gasteiger charge is -2.09. The number of carbonyl (C=O) groups is 1. The van der Waals surface area contributed by atoms with E-state index in [4.69, 9.17) is 9.47 Å². The molecule has 29 heavy (non-hydrogen) atoms. The summed E-state index contributed by atoms with van der Waals surface area (Å²) in [5.74, 6) is -0.556. The van der Waals surface area contributed by atoms with Gasteiger partial charge >= 0.3 is 5.97 Å². The normalized spacial score (nSPS) is 14.6. The van der Waals surface area contributed by atoms with Crippen molar-refractivity contribution in [3.05, 3.63) is 107 Å². The van der Waals surface area contributed by atoms with Crippen molar-refractivity contribution in [2.45, 2.75) is 13.5 Å². The van der Waals surface area contributed by atoms with E-state index in [1.54, 1.807) is 18.2 Å². The van der Waals surface area contributed by atoms with Crippen LogP contribution in [-0.2, 0) is 16.1 Å². The van der Waals surface area contributed by atoms with Crippen LogP contribution in [0.25, 0.3) is 6.08 Å². The Morgan fingerprint density at radius 2 is 1.72 bits per heavy atom. The Bertz CT molecular complexity index is 1120. The fourth-order valence-electron chi connectivity index (χ4n) is 2.88. The van der Waals surface area contributed by atoms with Gasteiger partial charge in [-0.25, -0.2) is 14.2 Å². The van der Waals surface area contributed by atoms with E-state index in [2.05, 4.69) is 4.99 Å². The molecule has 1 aliphatic heterocycles. The highest BCUT2D eigenvalue weighted by molar-refractivity contribution is 6.13. The predicted molar refractivity (Wildman–Crippen MR) is 109 cm³/mol. The van der Waals surface area contributed by atoms with Crippen molar-refractivity contribution in [3.8, 4) is 5.75 Å². The molecule has 0 bridgehead atoms. The van der Waals surface area contributed by atoms with Gasteiger partial charge in [0.1, 0.15) is 18.2 Å². The monoisotopic (exact) mass is 387 g/mol. The molecule has 0 atom stereocenters. The molecule has 3 aromatic rings. The number of hydrogen-bond donors (Lipinski definition) is 0. The first-order chi connectivity index (χ1) is 14.1. The van der Waals surface area contributed by atoms with Crippen molar-refractivity contribution in [2.24, 2.45) is 4.99 Å². The van der Waals surface area contributed by atoms with Crippen LogP contribution in [0.4, 0.5) is 4.39 Å². The Hall–Kier alpha value is -3.73. The number of halogens is 1. The van der Waals surface area contributed by atoms with E-state index < -0.39 is 11.8 Å². The zero-order chi connectivity index (χ0) is 20.2. The van der Waals surface area contributed by atoms with E-state index in [-0.39, 0.29) is 17.2 Å². The zero-order valence-corrected chi connectivity index (χ0v) is 15.8. The van der Waals surface area contributed by atoms with Crippen molar-refractivity contribution >= 4 is 17.9 Å². The molecule has 0 saturated carbocycles. The Morgan fingerprint density at radius 1 is 1.00 bits per heavy atom. The minimum atomic E-state index is -0.628. The fraction of sp³-hybridized carbons (Fsp3) is 0.0833. The quantitative estimate of drug-likeness (QED) is 0.454. The second kappa shape index (κ2) is 8.10. The van der Waals surface area contributed by atoms with Gasteiger partial charge in [0.25, 0.3) is 0 Å². The van der Waals surface area contributed by atoms with E-state index >= 15 is 0 Å². The number of aliphatic imine (C=N–C) groups is 1. The molecule has 1 heterocycles. The Balaban J connectivity index is 1.58. The van der Waals surface area contributed by atoms with Crippen molar-refractivity contribution in [1.29, 1.82) is 0 Å². The molecule has 4 rings (SSSR count). The molecular formula is C24H18FNO3. The first-order valence-electron chi connectivity index (χ1n) is 9.15. The molecule has 0 N–H and O–H groups in total. The summed E-state index contributed by atoms with van der Waals surface area (Å²) in [5, 5.41) is 0. The predicted octanol–water partition coefficient (Wildman–Crippen LogP) is 5.06. The molecule has 4 nitrogen and oxygen atoms in total. The summed E-state index contributed by atoms with van der Waals surface area (Å²) in [5.41, 5.74) is 3.15. The number of aryl methyl sites for hydroxylation is 1. The molecule has 0 spiro atoms. The molecule has 0 unspecified atom stereocenters. The number of hydrogen-bond acceptors (Lipinski definition) is 4. The van der Waals surface area contributed by atoms with E-state index in [0.717, 1.165) is 5.56 Å². The van der Waals surface area contributed by atoms with E-state index in [9.17, 15) is 9.18 Å². The number of esters is 1. The lowest BCUT2D eigenvalue weighted by molar-refractivity contribution is -0.129. The van der Waals surface area contributed by atoms with Gasteiger partial charge in [0.05, 0.1) is 5.56 Å². The second-order valence-electron chi connectivity index (χ2n) is 6.63. The van der Waals surface area contributed by atoms with Crippen molar-refractivity contribution in [3.63, 3.8) is 0 Å². The van der Waals surface area contributed by atoms with Crippen LogP contribution in [0.2, 0.25) is 0 Å². The molecule has 144 valence electrons. The fourth-order valence-corrected chi connectivity index (χ4v) is 2.88. The van der Waals surface area contributed by atoms with Crippen molar-refractivity contribution < 1.29 is 18.7 Å². The topological polar surface area (TPSA) is 47.9 Å². The summed E-state index contributed by atoms with van der Waals surface area (Å²) in [4.78, 5) is 16.4. The maximum atomic E-state index is 14.0. The number of carbonyl (C=O) groups excluding carboxylic acids is 1. The van der Waals surface area contributed by atoms with Crippen LogP contribution in [0.15, 0.2) is 83.5 Å². The van der Waals surface area contributed by atoms with Gasteiger partial charge in [-0.3, -0.25) is 0 Å². The molecular weight excluding hydrogens is 369 g/mol. The summed E-state index contributed by atoms with van der Waals surface area (Å²) in [6, 6.07) is 21.4. The van der Waals surface area contributed by atoms with Crippen LogP contribution in [-0.4, -0.2) is 11.9 Å². The van der Waals surface area contributed by atoms with Gasteiger partial charge < -0.3 is 9.47 Å². The van der Waals surface area contributed by atoms with Crippen LogP contribution in [0.5, 0.6) is 5.75 Å². The molecule has 0 fully saturated rings. The Labute approximate surface area is 167 Å². The third kappa shape index (κ3) is 4.24. The molecule has 3 aromatic carbocycles. The average molecular weight is 387 g/mol. The van der Waals surface area contributed by atoms with Crippen molar-refractivity contribution in [2.75, 3.05) is 0 Å². The molecule has 0 saturated heterocycles. The minimum absolute atomic E-state index is 0.0441. The smallest absolute Gasteiger partial charge is 0.363 e. The first-order valence-corrected chi connectivity index (χ1v) is 9.15. The van der Waals surface area contributed by atoms with Crippen LogP contribution >= 0.6 is 0 Å². The van der Waals surface area contributed by atoms with Crippen LogP contribution < -0.4 is 4.74 Å². The molecule has 0 radical (unpaired) electrons. The third-order valence-electron chi connectivity index (χ3n) is 4.45. The van der Waals surface area contributed by atoms with Crippen LogP contribution in [0, 0.1) is 12.7 Å². The SMILES string of the molecule is Cc1ccc(COc2ccccc2/C=C2\N=C(c3ccccc3F)OC2=O)cc1. The van der Waals surface area contributed by atoms with Crippen LogP contribution in [0.3, 0.4) is 0 Å². The second-order valence-corrected chi connectivity index (χ2v) is 6.63. The number of nitrogens with zero attached hydrogens (tertiary/aromatic N) is 1. The highest BCUT2D eigenvalue weighted by Crippen LogP contribution is 2.26. The Kier molecular flexibility index (Phi) is 5.20. The highest BCUT2D eigenvalue weighted by Gasteiger charge is 2.26. The summed E-state index contributed by atoms with van der Waals surface area (Å²) in [6.45, 7) is 2.43. The summed E-state index contributed by atoms with van der Waals surface area (Å²) in [6.07, 6.45) is 1.58. The molecule has 0 aliphatic carbocycles. The lowest BCUT2D eigenvalue weighted by atomic mass is 10.1. The average Bonchev–Trinajstić information content (AvgIpc) is 3.09. The van der Waals surface area contributed by atoms with Gasteiger partial charge in [-0.2, -0.15) is 0 Å². The molecule has 0 amide bonds. The number of cyclic esters (lactones) is 1. The number of rotatable bonds is 5. The van der Waals surface area contributed by atoms with Gasteiger partial charge in [0.15, 0.2) is 5.70 Å². The van der Waals surface area contributed by atoms with Gasteiger partial charge in [-0.1, -0.05) is 60.2 Å². The van der Waals surface area contributed by atoms with Gasteiger partial charge in [-0.05, 0) is 36.8 Å². The zero-order valence-electron chi connectivity index (χ0n) is 15.8. The summed E-state index contributed by atoms with van der Waals surface area (Å²) >= 11 is 0. The maximum Gasteiger partial charge on any atom is 0.363 e. The molecule has 0 aromatic heterocycles.